The fraction of sp³-hybridized carbons (Fsp3) is 0.147. The molecular formula is C34H28ClFN4O3S. The van der Waals surface area contributed by atoms with Gasteiger partial charge in [0.1, 0.15) is 11.6 Å². The van der Waals surface area contributed by atoms with Gasteiger partial charge in [-0.1, -0.05) is 53.3 Å². The lowest BCUT2D eigenvalue weighted by atomic mass is 9.95. The number of carbonyl (C=O) groups is 1. The van der Waals surface area contributed by atoms with Crippen LogP contribution in [0.5, 0.6) is 5.75 Å². The van der Waals surface area contributed by atoms with Gasteiger partial charge in [-0.2, -0.15) is 0 Å². The normalized spacial score (nSPS) is 14.8. The molecule has 1 atom stereocenters. The molecule has 1 N–H and O–H groups in total. The number of ether oxygens (including phenoxy) is 1. The van der Waals surface area contributed by atoms with Gasteiger partial charge in [-0.25, -0.2) is 9.38 Å². The van der Waals surface area contributed by atoms with E-state index in [0.717, 1.165) is 28.2 Å². The van der Waals surface area contributed by atoms with Crippen molar-refractivity contribution in [2.75, 3.05) is 12.4 Å². The average molecular weight is 627 g/mol. The van der Waals surface area contributed by atoms with E-state index in [2.05, 4.69) is 5.32 Å². The molecule has 10 heteroatoms. The number of allylic oxidation sites excluding steroid dienone is 1. The molecule has 222 valence electrons. The van der Waals surface area contributed by atoms with E-state index in [-0.39, 0.29) is 16.5 Å². The third-order valence-corrected chi connectivity index (χ3v) is 8.90. The number of fused-ring (bicyclic) bond motifs is 1. The zero-order valence-corrected chi connectivity index (χ0v) is 26.0. The molecule has 6 rings (SSSR count). The summed E-state index contributed by atoms with van der Waals surface area (Å²) in [5, 5.41) is 3.00. The van der Waals surface area contributed by atoms with Crippen LogP contribution >= 0.6 is 22.9 Å². The maximum absolute atomic E-state index is 14.2. The van der Waals surface area contributed by atoms with Crippen molar-refractivity contribution in [2.24, 2.45) is 4.99 Å². The van der Waals surface area contributed by atoms with Crippen LogP contribution in [0.2, 0.25) is 5.02 Å². The molecule has 0 fully saturated rings. The van der Waals surface area contributed by atoms with Gasteiger partial charge in [-0.05, 0) is 86.5 Å². The summed E-state index contributed by atoms with van der Waals surface area (Å²) in [5.74, 6) is -0.228. The van der Waals surface area contributed by atoms with Crippen LogP contribution in [0.1, 0.15) is 35.5 Å². The Morgan fingerprint density at radius 2 is 1.82 bits per heavy atom. The molecule has 0 radical (unpaired) electrons. The molecule has 1 aliphatic heterocycles. The number of rotatable bonds is 6. The maximum atomic E-state index is 14.2. The summed E-state index contributed by atoms with van der Waals surface area (Å²) < 4.78 is 23.3. The van der Waals surface area contributed by atoms with Gasteiger partial charge in [0.05, 0.1) is 34.0 Å². The number of aryl methyl sites for hydroxylation is 1. The highest BCUT2D eigenvalue weighted by atomic mass is 35.5. The van der Waals surface area contributed by atoms with Crippen LogP contribution in [-0.4, -0.2) is 22.2 Å². The lowest BCUT2D eigenvalue weighted by Gasteiger charge is -2.25. The number of benzene rings is 3. The number of hydrogen-bond acceptors (Lipinski definition) is 5. The van der Waals surface area contributed by atoms with Crippen LogP contribution in [0.15, 0.2) is 99.9 Å². The molecule has 1 amide bonds. The van der Waals surface area contributed by atoms with E-state index in [9.17, 15) is 14.0 Å². The average Bonchev–Trinajstić information content (AvgIpc) is 3.47. The molecule has 2 aromatic heterocycles. The van der Waals surface area contributed by atoms with E-state index in [4.69, 9.17) is 21.3 Å². The number of carbonyl (C=O) groups excluding carboxylic acids is 1. The number of hydrogen-bond donors (Lipinski definition) is 1. The van der Waals surface area contributed by atoms with Gasteiger partial charge < -0.3 is 14.6 Å². The smallest absolute Gasteiger partial charge is 0.271 e. The van der Waals surface area contributed by atoms with E-state index in [0.29, 0.717) is 32.0 Å². The Labute approximate surface area is 261 Å². The monoisotopic (exact) mass is 626 g/mol. The highest BCUT2D eigenvalue weighted by Gasteiger charge is 2.33. The second-order valence-electron chi connectivity index (χ2n) is 10.4. The van der Waals surface area contributed by atoms with Gasteiger partial charge in [0.2, 0.25) is 0 Å². The summed E-state index contributed by atoms with van der Waals surface area (Å²) in [5.41, 5.74) is 5.27. The van der Waals surface area contributed by atoms with E-state index in [1.54, 1.807) is 42.9 Å². The van der Waals surface area contributed by atoms with Crippen LogP contribution < -0.4 is 24.9 Å². The first kappa shape index (κ1) is 29.3. The summed E-state index contributed by atoms with van der Waals surface area (Å²) >= 11 is 7.33. The molecule has 0 bridgehead atoms. The summed E-state index contributed by atoms with van der Waals surface area (Å²) in [7, 11) is 1.57. The number of para-hydroxylation sites is 1. The first-order valence-electron chi connectivity index (χ1n) is 13.8. The molecule has 3 aromatic carbocycles. The van der Waals surface area contributed by atoms with Gasteiger partial charge in [-0.15, -0.1) is 0 Å². The minimum Gasteiger partial charge on any atom is -0.497 e. The number of halogens is 2. The van der Waals surface area contributed by atoms with Crippen molar-refractivity contribution < 1.29 is 13.9 Å². The quantitative estimate of drug-likeness (QED) is 0.248. The topological polar surface area (TPSA) is 77.6 Å². The third kappa shape index (κ3) is 5.29. The van der Waals surface area contributed by atoms with Gasteiger partial charge in [-0.3, -0.25) is 14.2 Å². The number of nitrogens with one attached hydrogen (secondary N) is 1. The lowest BCUT2D eigenvalue weighted by molar-refractivity contribution is -0.113. The summed E-state index contributed by atoms with van der Waals surface area (Å²) in [4.78, 5) is 33.2. The van der Waals surface area contributed by atoms with Crippen LogP contribution in [0.25, 0.3) is 11.8 Å². The predicted octanol–water partition coefficient (Wildman–Crippen LogP) is 6.08. The molecule has 0 saturated heterocycles. The molecule has 5 aromatic rings. The second-order valence-corrected chi connectivity index (χ2v) is 11.9. The van der Waals surface area contributed by atoms with Gasteiger partial charge in [0.25, 0.3) is 11.5 Å². The highest BCUT2D eigenvalue weighted by molar-refractivity contribution is 7.07. The summed E-state index contributed by atoms with van der Waals surface area (Å²) in [6, 6.07) is 22.3. The highest BCUT2D eigenvalue weighted by Crippen LogP contribution is 2.32. The fourth-order valence-electron chi connectivity index (χ4n) is 5.56. The number of nitrogens with zero attached hydrogens (tertiary/aromatic N) is 3. The number of thiazole rings is 1. The Kier molecular flexibility index (Phi) is 7.84. The molecule has 1 aliphatic rings. The van der Waals surface area contributed by atoms with E-state index in [1.165, 1.54) is 17.4 Å². The van der Waals surface area contributed by atoms with Crippen molar-refractivity contribution in [2.45, 2.75) is 26.8 Å². The van der Waals surface area contributed by atoms with Gasteiger partial charge in [0, 0.05) is 22.8 Å². The Morgan fingerprint density at radius 3 is 2.55 bits per heavy atom. The van der Waals surface area contributed by atoms with Crippen molar-refractivity contribution in [3.8, 4) is 11.4 Å². The Hall–Kier alpha value is -4.73. The molecule has 7 nitrogen and oxygen atoms in total. The summed E-state index contributed by atoms with van der Waals surface area (Å²) in [6.07, 6.45) is 1.83. The molecule has 3 heterocycles. The van der Waals surface area contributed by atoms with E-state index >= 15 is 0 Å². The van der Waals surface area contributed by atoms with Crippen LogP contribution in [0.4, 0.5) is 10.1 Å². The van der Waals surface area contributed by atoms with Crippen molar-refractivity contribution in [3.63, 3.8) is 0 Å². The zero-order valence-electron chi connectivity index (χ0n) is 24.4. The van der Waals surface area contributed by atoms with Crippen molar-refractivity contribution in [1.29, 1.82) is 0 Å². The van der Waals surface area contributed by atoms with E-state index in [1.807, 2.05) is 73.0 Å². The Morgan fingerprint density at radius 1 is 1.05 bits per heavy atom. The van der Waals surface area contributed by atoms with Crippen molar-refractivity contribution >= 4 is 40.6 Å². The largest absolute Gasteiger partial charge is 0.497 e. The zero-order chi connectivity index (χ0) is 31.1. The number of aromatic nitrogens is 2. The first-order chi connectivity index (χ1) is 21.2. The molecule has 0 saturated carbocycles. The minimum absolute atomic E-state index is 0.0323. The number of anilines is 1. The second kappa shape index (κ2) is 11.7. The number of amides is 1. The lowest BCUT2D eigenvalue weighted by Crippen LogP contribution is -2.40. The molecular weight excluding hydrogens is 599 g/mol. The maximum Gasteiger partial charge on any atom is 0.271 e. The van der Waals surface area contributed by atoms with Crippen LogP contribution in [-0.2, 0) is 4.79 Å². The summed E-state index contributed by atoms with van der Waals surface area (Å²) in [6.45, 7) is 5.65. The fourth-order valence-corrected chi connectivity index (χ4v) is 6.77. The number of methoxy groups -OCH3 is 1. The van der Waals surface area contributed by atoms with E-state index < -0.39 is 11.9 Å². The SMILES string of the molecule is COc1cccc([C@H]2C(C(=O)Nc3ccccc3)=C(C)N=c3s/c(=C/c4cc(C)n(-c5ccc(F)c(Cl)c5)c4C)c(=O)n32)c1. The molecule has 44 heavy (non-hydrogen) atoms. The van der Waals surface area contributed by atoms with Gasteiger partial charge in [0.15, 0.2) is 4.80 Å². The Bertz CT molecular complexity index is 2150. The third-order valence-electron chi connectivity index (χ3n) is 7.63. The van der Waals surface area contributed by atoms with Gasteiger partial charge >= 0.3 is 0 Å². The minimum atomic E-state index is -0.735. The Balaban J connectivity index is 1.50. The van der Waals surface area contributed by atoms with Crippen LogP contribution in [0.3, 0.4) is 0 Å². The molecule has 0 aliphatic carbocycles. The standard InChI is InChI=1S/C34H28ClFN4O3S/c1-19-15-23(21(3)39(19)25-13-14-28(36)27(35)18-25)17-29-33(42)40-31(22-9-8-12-26(16-22)43-4)30(20(2)37-34(40)44-29)32(41)38-24-10-6-5-7-11-24/h5-18,31H,1-4H3,(H,38,41)/b29-17+/t31-/m0/s1. The van der Waals surface area contributed by atoms with Crippen LogP contribution in [0, 0.1) is 19.7 Å². The predicted molar refractivity (Wildman–Crippen MR) is 172 cm³/mol. The molecule has 0 spiro atoms. The first-order valence-corrected chi connectivity index (χ1v) is 15.0. The van der Waals surface area contributed by atoms with Crippen molar-refractivity contribution in [3.05, 3.63) is 143 Å². The van der Waals surface area contributed by atoms with Crippen molar-refractivity contribution in [1.82, 2.24) is 9.13 Å². The molecule has 0 unspecified atom stereocenters.